The Kier molecular flexibility index (Phi) is 3.61. The van der Waals surface area contributed by atoms with Crippen LogP contribution in [-0.4, -0.2) is 0 Å². The molecule has 0 spiro atoms. The summed E-state index contributed by atoms with van der Waals surface area (Å²) in [4.78, 5) is 2.19. The van der Waals surface area contributed by atoms with Gasteiger partial charge in [0, 0.05) is 5.69 Å². The monoisotopic (exact) mass is 275 g/mol. The van der Waals surface area contributed by atoms with Crippen molar-refractivity contribution >= 4 is 11.4 Å². The Morgan fingerprint density at radius 2 is 1.71 bits per heavy atom. The van der Waals surface area contributed by atoms with Crippen LogP contribution in [0.5, 0.6) is 5.75 Å². The van der Waals surface area contributed by atoms with E-state index in [2.05, 4.69) is 29.7 Å². The third kappa shape index (κ3) is 2.36. The molecule has 3 rings (SSSR count). The molecule has 2 aromatic carbocycles. The standard InChI is InChI=1S/C19H17NO/c1-3-10-16-18(4-2)21-19-14-9-8-13-17(19)20(16)15-11-6-5-7-12-15/h3-14H,1H2,2H3/b16-10+,18-4+. The lowest BCUT2D eigenvalue weighted by atomic mass is 10.1. The van der Waals surface area contributed by atoms with Crippen LogP contribution in [0.1, 0.15) is 6.92 Å². The Balaban J connectivity index is 2.25. The van der Waals surface area contributed by atoms with Crippen LogP contribution in [0.4, 0.5) is 11.4 Å². The zero-order valence-electron chi connectivity index (χ0n) is 12.0. The first-order chi connectivity index (χ1) is 10.3. The second-order valence-corrected chi connectivity index (χ2v) is 4.68. The molecular weight excluding hydrogens is 258 g/mol. The van der Waals surface area contributed by atoms with Gasteiger partial charge in [-0.2, -0.15) is 0 Å². The fourth-order valence-corrected chi connectivity index (χ4v) is 2.47. The summed E-state index contributed by atoms with van der Waals surface area (Å²) in [5, 5.41) is 0. The molecule has 0 saturated heterocycles. The molecule has 0 unspecified atom stereocenters. The molecule has 0 radical (unpaired) electrons. The molecule has 21 heavy (non-hydrogen) atoms. The minimum atomic E-state index is 0.831. The average molecular weight is 275 g/mol. The molecule has 2 nitrogen and oxygen atoms in total. The molecule has 0 amide bonds. The average Bonchev–Trinajstić information content (AvgIpc) is 2.55. The van der Waals surface area contributed by atoms with Gasteiger partial charge in [0.1, 0.15) is 5.76 Å². The first-order valence-corrected chi connectivity index (χ1v) is 6.96. The number of fused-ring (bicyclic) bond motifs is 1. The number of ether oxygens (including phenoxy) is 1. The van der Waals surface area contributed by atoms with Crippen molar-refractivity contribution in [2.75, 3.05) is 4.90 Å². The van der Waals surface area contributed by atoms with Crippen molar-refractivity contribution in [3.8, 4) is 5.75 Å². The summed E-state index contributed by atoms with van der Waals surface area (Å²) in [5.41, 5.74) is 3.11. The predicted octanol–water partition coefficient (Wildman–Crippen LogP) is 5.19. The lowest BCUT2D eigenvalue weighted by Crippen LogP contribution is -2.25. The van der Waals surface area contributed by atoms with Gasteiger partial charge in [-0.05, 0) is 43.3 Å². The van der Waals surface area contributed by atoms with E-state index in [1.54, 1.807) is 6.08 Å². The van der Waals surface area contributed by atoms with Crippen molar-refractivity contribution < 1.29 is 4.74 Å². The van der Waals surface area contributed by atoms with Crippen molar-refractivity contribution in [3.05, 3.63) is 90.9 Å². The van der Waals surface area contributed by atoms with Crippen LogP contribution in [0, 0.1) is 0 Å². The van der Waals surface area contributed by atoms with E-state index in [4.69, 9.17) is 4.74 Å². The highest BCUT2D eigenvalue weighted by molar-refractivity contribution is 5.78. The number of hydrogen-bond acceptors (Lipinski definition) is 2. The van der Waals surface area contributed by atoms with Crippen LogP contribution in [0.25, 0.3) is 0 Å². The van der Waals surface area contributed by atoms with Crippen molar-refractivity contribution in [3.63, 3.8) is 0 Å². The van der Waals surface area contributed by atoms with Gasteiger partial charge in [0.2, 0.25) is 0 Å². The maximum Gasteiger partial charge on any atom is 0.151 e. The van der Waals surface area contributed by atoms with Crippen LogP contribution < -0.4 is 9.64 Å². The summed E-state index contributed by atoms with van der Waals surface area (Å²) in [6.45, 7) is 5.80. The van der Waals surface area contributed by atoms with Crippen LogP contribution in [0.2, 0.25) is 0 Å². The minimum Gasteiger partial charge on any atom is -0.453 e. The van der Waals surface area contributed by atoms with Gasteiger partial charge in [0.05, 0.1) is 11.4 Å². The lowest BCUT2D eigenvalue weighted by molar-refractivity contribution is 0.422. The van der Waals surface area contributed by atoms with E-state index in [0.29, 0.717) is 0 Å². The second-order valence-electron chi connectivity index (χ2n) is 4.68. The van der Waals surface area contributed by atoms with Gasteiger partial charge in [-0.25, -0.2) is 0 Å². The van der Waals surface area contributed by atoms with Crippen LogP contribution in [0.15, 0.2) is 90.9 Å². The second kappa shape index (κ2) is 5.71. The van der Waals surface area contributed by atoms with E-state index >= 15 is 0 Å². The number of hydrogen-bond donors (Lipinski definition) is 0. The van der Waals surface area contributed by atoms with E-state index in [-0.39, 0.29) is 0 Å². The molecule has 104 valence electrons. The topological polar surface area (TPSA) is 12.5 Å². The van der Waals surface area contributed by atoms with Crippen LogP contribution in [-0.2, 0) is 0 Å². The number of anilines is 2. The highest BCUT2D eigenvalue weighted by Gasteiger charge is 2.26. The Morgan fingerprint density at radius 3 is 2.43 bits per heavy atom. The third-order valence-electron chi connectivity index (χ3n) is 3.37. The van der Waals surface area contributed by atoms with Gasteiger partial charge in [-0.1, -0.05) is 43.0 Å². The normalized spacial score (nSPS) is 17.5. The fourth-order valence-electron chi connectivity index (χ4n) is 2.47. The van der Waals surface area contributed by atoms with Gasteiger partial charge in [-0.3, -0.25) is 0 Å². The maximum absolute atomic E-state index is 6.00. The smallest absolute Gasteiger partial charge is 0.151 e. The molecule has 0 saturated carbocycles. The van der Waals surface area contributed by atoms with Crippen molar-refractivity contribution in [1.29, 1.82) is 0 Å². The number of nitrogens with zero attached hydrogens (tertiary/aromatic N) is 1. The zero-order valence-corrected chi connectivity index (χ0v) is 12.0. The molecule has 0 aromatic heterocycles. The molecule has 0 bridgehead atoms. The van der Waals surface area contributed by atoms with Gasteiger partial charge in [0.15, 0.2) is 5.75 Å². The minimum absolute atomic E-state index is 0.831. The number of allylic oxidation sites excluding steroid dienone is 3. The summed E-state index contributed by atoms with van der Waals surface area (Å²) >= 11 is 0. The Bertz CT molecular complexity index is 713. The van der Waals surface area contributed by atoms with Gasteiger partial charge < -0.3 is 9.64 Å². The van der Waals surface area contributed by atoms with E-state index in [1.807, 2.05) is 55.5 Å². The molecule has 2 aromatic rings. The lowest BCUT2D eigenvalue weighted by Gasteiger charge is -2.34. The van der Waals surface area contributed by atoms with Crippen molar-refractivity contribution in [2.24, 2.45) is 0 Å². The fraction of sp³-hybridized carbons (Fsp3) is 0.0526. The predicted molar refractivity (Wildman–Crippen MR) is 87.7 cm³/mol. The highest BCUT2D eigenvalue weighted by atomic mass is 16.5. The molecular formula is C19H17NO. The van der Waals surface area contributed by atoms with Crippen LogP contribution >= 0.6 is 0 Å². The Hall–Kier alpha value is -2.74. The van der Waals surface area contributed by atoms with Gasteiger partial charge in [0.25, 0.3) is 0 Å². The molecule has 0 N–H and O–H groups in total. The van der Waals surface area contributed by atoms with E-state index in [9.17, 15) is 0 Å². The van der Waals surface area contributed by atoms with Gasteiger partial charge in [-0.15, -0.1) is 0 Å². The summed E-state index contributed by atoms with van der Waals surface area (Å²) < 4.78 is 6.00. The zero-order chi connectivity index (χ0) is 14.7. The van der Waals surface area contributed by atoms with Crippen LogP contribution in [0.3, 0.4) is 0 Å². The molecule has 1 heterocycles. The Morgan fingerprint density at radius 1 is 1.00 bits per heavy atom. The Labute approximate surface area is 125 Å². The quantitative estimate of drug-likeness (QED) is 0.747. The van der Waals surface area contributed by atoms with Crippen molar-refractivity contribution in [1.82, 2.24) is 0 Å². The van der Waals surface area contributed by atoms with Crippen molar-refractivity contribution in [2.45, 2.75) is 6.92 Å². The first-order valence-electron chi connectivity index (χ1n) is 6.96. The molecule has 0 fully saturated rings. The van der Waals surface area contributed by atoms with E-state index in [1.165, 1.54) is 0 Å². The maximum atomic E-state index is 6.00. The number of para-hydroxylation sites is 3. The summed E-state index contributed by atoms with van der Waals surface area (Å²) in [6.07, 6.45) is 5.73. The van der Waals surface area contributed by atoms with E-state index in [0.717, 1.165) is 28.6 Å². The summed E-state index contributed by atoms with van der Waals surface area (Å²) in [5.74, 6) is 1.69. The SMILES string of the molecule is C=C/C=C1\C(=C/C)Oc2ccccc2N1c1ccccc1. The molecule has 0 aliphatic carbocycles. The third-order valence-corrected chi connectivity index (χ3v) is 3.37. The van der Waals surface area contributed by atoms with E-state index < -0.39 is 0 Å². The summed E-state index contributed by atoms with van der Waals surface area (Å²) in [7, 11) is 0. The number of rotatable bonds is 2. The molecule has 0 atom stereocenters. The van der Waals surface area contributed by atoms with Gasteiger partial charge >= 0.3 is 0 Å². The summed E-state index contributed by atoms with van der Waals surface area (Å²) in [6, 6.07) is 18.3. The molecule has 1 aliphatic heterocycles. The highest BCUT2D eigenvalue weighted by Crippen LogP contribution is 2.43. The number of benzene rings is 2. The molecule has 2 heteroatoms. The molecule has 1 aliphatic rings. The largest absolute Gasteiger partial charge is 0.453 e. The first kappa shape index (κ1) is 13.3.